The number of non-ortho nitro benzene ring substituents is 1. The Morgan fingerprint density at radius 1 is 1.32 bits per heavy atom. The van der Waals surface area contributed by atoms with Crippen molar-refractivity contribution >= 4 is 11.6 Å². The van der Waals surface area contributed by atoms with Crippen LogP contribution in [-0.4, -0.2) is 17.4 Å². The van der Waals surface area contributed by atoms with Gasteiger partial charge in [-0.1, -0.05) is 26.7 Å². The zero-order valence-electron chi connectivity index (χ0n) is 11.6. The van der Waals surface area contributed by atoms with Crippen LogP contribution in [0.4, 0.5) is 5.69 Å². The van der Waals surface area contributed by atoms with Crippen molar-refractivity contribution in [3.8, 4) is 0 Å². The van der Waals surface area contributed by atoms with E-state index < -0.39 is 4.92 Å². The van der Waals surface area contributed by atoms with E-state index in [1.807, 2.05) is 0 Å². The number of hydrogen-bond acceptors (Lipinski definition) is 3. The highest BCUT2D eigenvalue weighted by Gasteiger charge is 2.14. The Balaban J connectivity index is 2.79. The molecule has 0 heterocycles. The van der Waals surface area contributed by atoms with Crippen LogP contribution in [0.1, 0.15) is 42.6 Å². The largest absolute Gasteiger partial charge is 0.352 e. The van der Waals surface area contributed by atoms with Crippen LogP contribution in [0.2, 0.25) is 0 Å². The molecule has 1 N–H and O–H groups in total. The van der Waals surface area contributed by atoms with Gasteiger partial charge in [-0.2, -0.15) is 0 Å². The quantitative estimate of drug-likeness (QED) is 0.634. The van der Waals surface area contributed by atoms with Gasteiger partial charge in [-0.05, 0) is 24.5 Å². The zero-order chi connectivity index (χ0) is 14.4. The second-order valence-corrected chi connectivity index (χ2v) is 4.71. The van der Waals surface area contributed by atoms with Crippen molar-refractivity contribution in [3.05, 3.63) is 39.4 Å². The molecule has 1 amide bonds. The first-order valence-corrected chi connectivity index (χ1v) is 6.52. The van der Waals surface area contributed by atoms with Gasteiger partial charge in [0.05, 0.1) is 4.92 Å². The van der Waals surface area contributed by atoms with Gasteiger partial charge in [0.1, 0.15) is 0 Å². The minimum Gasteiger partial charge on any atom is -0.352 e. The van der Waals surface area contributed by atoms with Crippen LogP contribution in [-0.2, 0) is 0 Å². The van der Waals surface area contributed by atoms with Gasteiger partial charge in [0.2, 0.25) is 0 Å². The van der Waals surface area contributed by atoms with E-state index in [0.29, 0.717) is 23.6 Å². The van der Waals surface area contributed by atoms with Crippen LogP contribution in [0.15, 0.2) is 18.2 Å². The average molecular weight is 264 g/mol. The number of nitrogens with one attached hydrogen (secondary N) is 1. The molecule has 5 nitrogen and oxygen atoms in total. The molecule has 0 spiro atoms. The summed E-state index contributed by atoms with van der Waals surface area (Å²) in [5.74, 6) is 0.197. The number of amides is 1. The number of carbonyl (C=O) groups is 1. The first kappa shape index (κ1) is 15.1. The van der Waals surface area contributed by atoms with Gasteiger partial charge in [-0.25, -0.2) is 0 Å². The number of nitro groups is 1. The monoisotopic (exact) mass is 264 g/mol. The number of carbonyl (C=O) groups excluding carboxylic acids is 1. The molecule has 1 rings (SSSR count). The fraction of sp³-hybridized carbons (Fsp3) is 0.500. The third-order valence-electron chi connectivity index (χ3n) is 3.24. The Hall–Kier alpha value is -1.91. The summed E-state index contributed by atoms with van der Waals surface area (Å²) >= 11 is 0. The second kappa shape index (κ2) is 6.87. The molecule has 1 aromatic rings. The van der Waals surface area contributed by atoms with Crippen molar-refractivity contribution in [1.82, 2.24) is 5.32 Å². The van der Waals surface area contributed by atoms with Gasteiger partial charge in [0.25, 0.3) is 11.6 Å². The summed E-state index contributed by atoms with van der Waals surface area (Å²) in [5.41, 5.74) is 1.01. The van der Waals surface area contributed by atoms with Gasteiger partial charge in [0.15, 0.2) is 0 Å². The molecular formula is C14H20N2O3. The Labute approximate surface area is 113 Å². The van der Waals surface area contributed by atoms with Crippen molar-refractivity contribution in [2.45, 2.75) is 33.6 Å². The Morgan fingerprint density at radius 3 is 2.47 bits per heavy atom. The van der Waals surface area contributed by atoms with Crippen LogP contribution in [0, 0.1) is 23.0 Å². The van der Waals surface area contributed by atoms with Crippen LogP contribution >= 0.6 is 0 Å². The maximum absolute atomic E-state index is 12.0. The Bertz CT molecular complexity index is 468. The van der Waals surface area contributed by atoms with E-state index in [9.17, 15) is 14.9 Å². The van der Waals surface area contributed by atoms with Gasteiger partial charge >= 0.3 is 0 Å². The summed E-state index contributed by atoms with van der Waals surface area (Å²) < 4.78 is 0. The van der Waals surface area contributed by atoms with Gasteiger partial charge in [0, 0.05) is 24.2 Å². The Kier molecular flexibility index (Phi) is 5.48. The lowest BCUT2D eigenvalue weighted by molar-refractivity contribution is -0.384. The molecule has 0 saturated heterocycles. The van der Waals surface area contributed by atoms with Crippen LogP contribution in [0.25, 0.3) is 0 Å². The lowest BCUT2D eigenvalue weighted by Crippen LogP contribution is -2.29. The predicted molar refractivity (Wildman–Crippen MR) is 74.2 cm³/mol. The molecule has 0 aliphatic heterocycles. The number of rotatable bonds is 6. The van der Waals surface area contributed by atoms with Crippen molar-refractivity contribution in [2.24, 2.45) is 5.92 Å². The minimum atomic E-state index is -0.481. The summed E-state index contributed by atoms with van der Waals surface area (Å²) in [5, 5.41) is 13.6. The van der Waals surface area contributed by atoms with Crippen LogP contribution < -0.4 is 5.32 Å². The lowest BCUT2D eigenvalue weighted by Gasteiger charge is -2.13. The van der Waals surface area contributed by atoms with E-state index in [1.54, 1.807) is 13.0 Å². The summed E-state index contributed by atoms with van der Waals surface area (Å²) in [7, 11) is 0. The third kappa shape index (κ3) is 4.35. The SMILES string of the molecule is CCC(CC)CNC(=O)c1cc(C)cc([N+](=O)[O-])c1. The van der Waals surface area contributed by atoms with Crippen LogP contribution in [0.5, 0.6) is 0 Å². The Morgan fingerprint density at radius 2 is 1.95 bits per heavy atom. The molecule has 0 aromatic heterocycles. The van der Waals surface area contributed by atoms with E-state index in [4.69, 9.17) is 0 Å². The molecule has 0 aliphatic rings. The molecule has 0 saturated carbocycles. The maximum Gasteiger partial charge on any atom is 0.270 e. The predicted octanol–water partition coefficient (Wildman–Crippen LogP) is 3.07. The van der Waals surface area contributed by atoms with Crippen molar-refractivity contribution in [1.29, 1.82) is 0 Å². The highest BCUT2D eigenvalue weighted by Crippen LogP contribution is 2.17. The molecule has 5 heteroatoms. The fourth-order valence-corrected chi connectivity index (χ4v) is 1.92. The molecule has 104 valence electrons. The molecule has 0 radical (unpaired) electrons. The standard InChI is InChI=1S/C14H20N2O3/c1-4-11(5-2)9-15-14(17)12-6-10(3)7-13(8-12)16(18)19/h6-8,11H,4-5,9H2,1-3H3,(H,15,17). The fourth-order valence-electron chi connectivity index (χ4n) is 1.92. The molecule has 0 bridgehead atoms. The smallest absolute Gasteiger partial charge is 0.270 e. The molecule has 19 heavy (non-hydrogen) atoms. The molecular weight excluding hydrogens is 244 g/mol. The summed E-state index contributed by atoms with van der Waals surface area (Å²) in [4.78, 5) is 22.3. The van der Waals surface area contributed by atoms with E-state index in [0.717, 1.165) is 12.8 Å². The zero-order valence-corrected chi connectivity index (χ0v) is 11.6. The lowest BCUT2D eigenvalue weighted by atomic mass is 10.0. The number of aryl methyl sites for hydroxylation is 1. The molecule has 0 atom stereocenters. The van der Waals surface area contributed by atoms with E-state index in [-0.39, 0.29) is 11.6 Å². The highest BCUT2D eigenvalue weighted by molar-refractivity contribution is 5.95. The summed E-state index contributed by atoms with van der Waals surface area (Å²) in [6, 6.07) is 4.43. The number of nitrogens with zero attached hydrogens (tertiary/aromatic N) is 1. The van der Waals surface area contributed by atoms with Gasteiger partial charge in [-0.3, -0.25) is 14.9 Å². The van der Waals surface area contributed by atoms with Crippen molar-refractivity contribution in [3.63, 3.8) is 0 Å². The first-order chi connectivity index (χ1) is 8.97. The van der Waals surface area contributed by atoms with Gasteiger partial charge < -0.3 is 5.32 Å². The summed E-state index contributed by atoms with van der Waals surface area (Å²) in [6.07, 6.45) is 2.01. The molecule has 1 aromatic carbocycles. The third-order valence-corrected chi connectivity index (χ3v) is 3.24. The topological polar surface area (TPSA) is 72.2 Å². The highest BCUT2D eigenvalue weighted by atomic mass is 16.6. The summed E-state index contributed by atoms with van der Waals surface area (Å²) in [6.45, 7) is 6.51. The van der Waals surface area contributed by atoms with Gasteiger partial charge in [-0.15, -0.1) is 0 Å². The minimum absolute atomic E-state index is 0.0484. The maximum atomic E-state index is 12.0. The van der Waals surface area contributed by atoms with Crippen molar-refractivity contribution in [2.75, 3.05) is 6.54 Å². The average Bonchev–Trinajstić information content (AvgIpc) is 2.38. The normalized spacial score (nSPS) is 10.5. The van der Waals surface area contributed by atoms with E-state index in [1.165, 1.54) is 12.1 Å². The van der Waals surface area contributed by atoms with E-state index >= 15 is 0 Å². The van der Waals surface area contributed by atoms with Crippen LogP contribution in [0.3, 0.4) is 0 Å². The number of hydrogen-bond donors (Lipinski definition) is 1. The first-order valence-electron chi connectivity index (χ1n) is 6.52. The molecule has 0 aliphatic carbocycles. The van der Waals surface area contributed by atoms with E-state index in [2.05, 4.69) is 19.2 Å². The number of nitro benzene ring substituents is 1. The number of benzene rings is 1. The van der Waals surface area contributed by atoms with Crippen molar-refractivity contribution < 1.29 is 9.72 Å². The second-order valence-electron chi connectivity index (χ2n) is 4.71. The molecule has 0 unspecified atom stereocenters. The molecule has 0 fully saturated rings.